The van der Waals surface area contributed by atoms with Gasteiger partial charge in [0.2, 0.25) is 0 Å². The van der Waals surface area contributed by atoms with Crippen LogP contribution < -0.4 is 5.32 Å². The van der Waals surface area contributed by atoms with Crippen molar-refractivity contribution >= 4 is 22.7 Å². The molecule has 0 atom stereocenters. The van der Waals surface area contributed by atoms with Gasteiger partial charge in [-0.25, -0.2) is 9.48 Å². The molecule has 4 aromatic rings. The molecule has 0 bridgehead atoms. The molecule has 8 heteroatoms. The Labute approximate surface area is 188 Å². The van der Waals surface area contributed by atoms with Gasteiger partial charge in [0.25, 0.3) is 0 Å². The second-order valence-electron chi connectivity index (χ2n) is 8.57. The fraction of sp³-hybridized carbons (Fsp3) is 0.200. The highest BCUT2D eigenvalue weighted by molar-refractivity contribution is 5.86. The summed E-state index contributed by atoms with van der Waals surface area (Å²) in [4.78, 5) is 12.1. The molecule has 5 nitrogen and oxygen atoms in total. The molecular weight excluding hydrogens is 431 g/mol. The number of rotatable bonds is 3. The molecule has 3 aromatic carbocycles. The van der Waals surface area contributed by atoms with Crippen LogP contribution in [0.25, 0.3) is 27.7 Å². The first-order valence-corrected chi connectivity index (χ1v) is 10.3. The molecule has 0 saturated heterocycles. The first-order valence-electron chi connectivity index (χ1n) is 10.3. The van der Waals surface area contributed by atoms with Crippen LogP contribution in [0.5, 0.6) is 0 Å². The number of aromatic nitrogens is 2. The topological polar surface area (TPSA) is 56.1 Å². The monoisotopic (exact) mass is 453 g/mol. The smallest absolute Gasteiger partial charge is 0.417 e. The van der Waals surface area contributed by atoms with Crippen molar-refractivity contribution in [1.29, 1.82) is 0 Å². The molecule has 33 heavy (non-hydrogen) atoms. The van der Waals surface area contributed by atoms with Crippen LogP contribution in [-0.4, -0.2) is 21.5 Å². The molecule has 1 heterocycles. The van der Waals surface area contributed by atoms with Gasteiger partial charge < -0.3 is 4.74 Å². The lowest BCUT2D eigenvalue weighted by Gasteiger charge is -2.19. The van der Waals surface area contributed by atoms with E-state index in [0.717, 1.165) is 11.5 Å². The van der Waals surface area contributed by atoms with Crippen LogP contribution in [0, 0.1) is 0 Å². The maximum atomic E-state index is 13.4. The Hall–Kier alpha value is -3.81. The number of ether oxygens (including phenoxy) is 1. The molecule has 4 rings (SSSR count). The van der Waals surface area contributed by atoms with E-state index in [9.17, 15) is 18.0 Å². The average molecular weight is 453 g/mol. The minimum Gasteiger partial charge on any atom is -0.444 e. The molecule has 0 saturated carbocycles. The summed E-state index contributed by atoms with van der Waals surface area (Å²) in [6.45, 7) is 5.33. The maximum Gasteiger partial charge on any atom is 0.417 e. The largest absolute Gasteiger partial charge is 0.444 e. The Morgan fingerprint density at radius 2 is 1.73 bits per heavy atom. The van der Waals surface area contributed by atoms with Crippen molar-refractivity contribution in [2.45, 2.75) is 32.5 Å². The van der Waals surface area contributed by atoms with Crippen molar-refractivity contribution in [2.75, 3.05) is 5.32 Å². The Bertz CT molecular complexity index is 1320. The molecule has 0 aliphatic heterocycles. The molecule has 0 spiro atoms. The van der Waals surface area contributed by atoms with E-state index in [2.05, 4.69) is 10.4 Å². The Morgan fingerprint density at radius 1 is 0.970 bits per heavy atom. The zero-order valence-electron chi connectivity index (χ0n) is 18.3. The standard InChI is InChI=1S/C25H22F3N3O2/c1-24(2,3)33-23(32)29-18-7-6-8-19(14-18)31-15-17-12-11-16(13-22(17)30-31)20-9-4-5-10-21(20)25(26,27)28/h4-15H,1-3H3,(H,29,32). The van der Waals surface area contributed by atoms with Crippen LogP contribution in [0.4, 0.5) is 23.7 Å². The quantitative estimate of drug-likeness (QED) is 0.361. The van der Waals surface area contributed by atoms with E-state index in [0.29, 0.717) is 22.5 Å². The summed E-state index contributed by atoms with van der Waals surface area (Å²) >= 11 is 0. The first kappa shape index (κ1) is 22.4. The molecular formula is C25H22F3N3O2. The fourth-order valence-electron chi connectivity index (χ4n) is 3.45. The van der Waals surface area contributed by atoms with Gasteiger partial charge in [0, 0.05) is 17.3 Å². The van der Waals surface area contributed by atoms with E-state index >= 15 is 0 Å². The van der Waals surface area contributed by atoms with Gasteiger partial charge in [0.15, 0.2) is 0 Å². The number of fused-ring (bicyclic) bond motifs is 1. The fourth-order valence-corrected chi connectivity index (χ4v) is 3.45. The van der Waals surface area contributed by atoms with Crippen molar-refractivity contribution in [1.82, 2.24) is 9.78 Å². The van der Waals surface area contributed by atoms with E-state index in [1.807, 2.05) is 6.07 Å². The van der Waals surface area contributed by atoms with Crippen LogP contribution >= 0.6 is 0 Å². The summed E-state index contributed by atoms with van der Waals surface area (Å²) in [5, 5.41) is 7.99. The Kier molecular flexibility index (Phi) is 5.61. The summed E-state index contributed by atoms with van der Waals surface area (Å²) in [6, 6.07) is 17.5. The number of nitrogens with one attached hydrogen (secondary N) is 1. The van der Waals surface area contributed by atoms with Gasteiger partial charge in [-0.1, -0.05) is 36.4 Å². The number of hydrogen-bond donors (Lipinski definition) is 1. The lowest BCUT2D eigenvalue weighted by molar-refractivity contribution is -0.137. The molecule has 1 aromatic heterocycles. The van der Waals surface area contributed by atoms with E-state index in [4.69, 9.17) is 4.74 Å². The van der Waals surface area contributed by atoms with Gasteiger partial charge in [0.05, 0.1) is 16.8 Å². The second kappa shape index (κ2) is 8.27. The highest BCUT2D eigenvalue weighted by Crippen LogP contribution is 2.37. The van der Waals surface area contributed by atoms with Gasteiger partial charge in [-0.2, -0.15) is 18.3 Å². The zero-order chi connectivity index (χ0) is 23.8. The van der Waals surface area contributed by atoms with Crippen molar-refractivity contribution in [2.24, 2.45) is 0 Å². The van der Waals surface area contributed by atoms with Crippen molar-refractivity contribution in [3.63, 3.8) is 0 Å². The number of amides is 1. The van der Waals surface area contributed by atoms with Crippen LogP contribution in [0.3, 0.4) is 0 Å². The maximum absolute atomic E-state index is 13.4. The number of anilines is 1. The molecule has 1 amide bonds. The summed E-state index contributed by atoms with van der Waals surface area (Å²) in [7, 11) is 0. The number of carbonyl (C=O) groups excluding carboxylic acids is 1. The van der Waals surface area contributed by atoms with Crippen LogP contribution in [0.2, 0.25) is 0 Å². The molecule has 0 unspecified atom stereocenters. The van der Waals surface area contributed by atoms with E-state index in [-0.39, 0.29) is 5.56 Å². The predicted octanol–water partition coefficient (Wildman–Crippen LogP) is 7.06. The molecule has 1 N–H and O–H groups in total. The average Bonchev–Trinajstić information content (AvgIpc) is 3.15. The number of halogens is 3. The molecule has 0 fully saturated rings. The van der Waals surface area contributed by atoms with Gasteiger partial charge in [-0.05, 0) is 62.2 Å². The van der Waals surface area contributed by atoms with Crippen molar-refractivity contribution < 1.29 is 22.7 Å². The molecule has 170 valence electrons. The summed E-state index contributed by atoms with van der Waals surface area (Å²) in [5.74, 6) is 0. The van der Waals surface area contributed by atoms with E-state index < -0.39 is 23.4 Å². The SMILES string of the molecule is CC(C)(C)OC(=O)Nc1cccc(-n2cc3ccc(-c4ccccc4C(F)(F)F)cc3n2)c1. The minimum atomic E-state index is -4.45. The Balaban J connectivity index is 1.65. The Morgan fingerprint density at radius 3 is 2.45 bits per heavy atom. The molecule has 0 radical (unpaired) electrons. The molecule has 0 aliphatic carbocycles. The minimum absolute atomic E-state index is 0.102. The van der Waals surface area contributed by atoms with E-state index in [1.165, 1.54) is 12.1 Å². The normalized spacial score (nSPS) is 12.1. The van der Waals surface area contributed by atoms with Gasteiger partial charge in [-0.15, -0.1) is 0 Å². The predicted molar refractivity (Wildman–Crippen MR) is 121 cm³/mol. The van der Waals surface area contributed by atoms with Crippen molar-refractivity contribution in [3.8, 4) is 16.8 Å². The van der Waals surface area contributed by atoms with E-state index in [1.54, 1.807) is 74.1 Å². The third kappa shape index (κ3) is 5.16. The highest BCUT2D eigenvalue weighted by Gasteiger charge is 2.33. The summed E-state index contributed by atoms with van der Waals surface area (Å²) in [6.07, 6.45) is -3.24. The molecule has 0 aliphatic rings. The first-order chi connectivity index (χ1) is 15.5. The number of carbonyl (C=O) groups is 1. The summed E-state index contributed by atoms with van der Waals surface area (Å²) in [5.41, 5.74) is 0.980. The van der Waals surface area contributed by atoms with Crippen LogP contribution in [0.1, 0.15) is 26.3 Å². The van der Waals surface area contributed by atoms with Crippen LogP contribution in [-0.2, 0) is 10.9 Å². The van der Waals surface area contributed by atoms with Crippen molar-refractivity contribution in [3.05, 3.63) is 78.5 Å². The van der Waals surface area contributed by atoms with Crippen LogP contribution in [0.15, 0.2) is 72.9 Å². The third-order valence-corrected chi connectivity index (χ3v) is 4.81. The zero-order valence-corrected chi connectivity index (χ0v) is 18.3. The highest BCUT2D eigenvalue weighted by atomic mass is 19.4. The lowest BCUT2D eigenvalue weighted by Crippen LogP contribution is -2.27. The van der Waals surface area contributed by atoms with Gasteiger partial charge in [0.1, 0.15) is 5.60 Å². The number of alkyl halides is 3. The third-order valence-electron chi connectivity index (χ3n) is 4.81. The number of hydrogen-bond acceptors (Lipinski definition) is 3. The number of nitrogens with zero attached hydrogens (tertiary/aromatic N) is 2. The second-order valence-corrected chi connectivity index (χ2v) is 8.57. The van der Waals surface area contributed by atoms with Gasteiger partial charge in [-0.3, -0.25) is 5.32 Å². The van der Waals surface area contributed by atoms with Gasteiger partial charge >= 0.3 is 12.3 Å². The number of benzene rings is 3. The lowest BCUT2D eigenvalue weighted by atomic mass is 9.98. The summed E-state index contributed by atoms with van der Waals surface area (Å²) < 4.78 is 47.2.